The summed E-state index contributed by atoms with van der Waals surface area (Å²) in [6.45, 7) is 0. The molecule has 0 saturated heterocycles. The van der Waals surface area contributed by atoms with Crippen molar-refractivity contribution in [2.75, 3.05) is 4.90 Å². The molecule has 2 atom stereocenters. The second-order valence-corrected chi connectivity index (χ2v) is 15.5. The van der Waals surface area contributed by atoms with E-state index in [4.69, 9.17) is 0 Å². The highest BCUT2D eigenvalue weighted by molar-refractivity contribution is 5.92. The van der Waals surface area contributed by atoms with Crippen LogP contribution in [-0.4, -0.2) is 0 Å². The van der Waals surface area contributed by atoms with Gasteiger partial charge in [-0.2, -0.15) is 0 Å². The van der Waals surface area contributed by atoms with Gasteiger partial charge in [0.2, 0.25) is 0 Å². The standard InChI is InChI=1S/C56H41N/c1-5-18-42(19-6-1)55(44-36-32-40(33-37-44)41-34-38-47(39-35-41)57(45-22-9-3-10-23-45)46-24-11-4-12-25-46)51-29-15-16-30-52(51)56(43-20-7-2-8-21-43)50-28-14-13-26-48(50)49-27-17-31-53(55)54(49)56/h1-5,7-18,20-39H,6,19H2. The van der Waals surface area contributed by atoms with Gasteiger partial charge in [0, 0.05) is 17.1 Å². The van der Waals surface area contributed by atoms with E-state index in [-0.39, 0.29) is 0 Å². The van der Waals surface area contributed by atoms with E-state index in [0.29, 0.717) is 0 Å². The Morgan fingerprint density at radius 1 is 0.368 bits per heavy atom. The topological polar surface area (TPSA) is 3.24 Å². The van der Waals surface area contributed by atoms with Crippen molar-refractivity contribution >= 4 is 17.1 Å². The first-order valence-electron chi connectivity index (χ1n) is 20.2. The molecule has 2 unspecified atom stereocenters. The van der Waals surface area contributed by atoms with Crippen molar-refractivity contribution in [3.8, 4) is 22.3 Å². The van der Waals surface area contributed by atoms with Gasteiger partial charge in [-0.1, -0.05) is 194 Å². The van der Waals surface area contributed by atoms with Crippen LogP contribution >= 0.6 is 0 Å². The largest absolute Gasteiger partial charge is 0.311 e. The number of rotatable bonds is 7. The Morgan fingerprint density at radius 3 is 1.49 bits per heavy atom. The van der Waals surface area contributed by atoms with Gasteiger partial charge in [0.15, 0.2) is 0 Å². The summed E-state index contributed by atoms with van der Waals surface area (Å²) in [5.41, 5.74) is 18.6. The van der Waals surface area contributed by atoms with Crippen LogP contribution in [0.15, 0.2) is 230 Å². The number of allylic oxidation sites excluding steroid dienone is 4. The maximum absolute atomic E-state index is 2.44. The summed E-state index contributed by atoms with van der Waals surface area (Å²) >= 11 is 0. The van der Waals surface area contributed by atoms with Crippen molar-refractivity contribution in [3.63, 3.8) is 0 Å². The average molecular weight is 728 g/mol. The summed E-state index contributed by atoms with van der Waals surface area (Å²) in [5.74, 6) is 0. The molecule has 0 spiro atoms. The van der Waals surface area contributed by atoms with Crippen LogP contribution in [0.5, 0.6) is 0 Å². The maximum Gasteiger partial charge on any atom is 0.0720 e. The molecule has 1 heteroatoms. The Kier molecular flexibility index (Phi) is 7.82. The Bertz CT molecular complexity index is 2780. The SMILES string of the molecule is C1=CCCC(C2(c3ccc(-c4ccc(N(c5ccccc5)c5ccccc5)cc4)cc3)c3ccccc3C3(c4ccccc4)c4ccccc4-c4cccc2c43)=C1. The molecule has 0 aromatic heterocycles. The van der Waals surface area contributed by atoms with E-state index < -0.39 is 10.8 Å². The predicted molar refractivity (Wildman–Crippen MR) is 237 cm³/mol. The fourth-order valence-corrected chi connectivity index (χ4v) is 10.5. The molecule has 0 saturated carbocycles. The number of hydrogen-bond donors (Lipinski definition) is 0. The zero-order valence-corrected chi connectivity index (χ0v) is 31.7. The van der Waals surface area contributed by atoms with Crippen molar-refractivity contribution in [2.45, 2.75) is 23.7 Å². The Morgan fingerprint density at radius 2 is 0.860 bits per heavy atom. The van der Waals surface area contributed by atoms with Crippen LogP contribution in [0.4, 0.5) is 17.1 Å². The molecule has 3 aliphatic rings. The first-order valence-corrected chi connectivity index (χ1v) is 20.2. The van der Waals surface area contributed by atoms with Crippen molar-refractivity contribution in [1.82, 2.24) is 0 Å². The van der Waals surface area contributed by atoms with E-state index in [2.05, 4.69) is 229 Å². The minimum atomic E-state index is -0.471. The van der Waals surface area contributed by atoms with E-state index in [1.165, 1.54) is 66.8 Å². The van der Waals surface area contributed by atoms with Gasteiger partial charge in [0.1, 0.15) is 0 Å². The van der Waals surface area contributed by atoms with E-state index in [1.807, 2.05) is 0 Å². The van der Waals surface area contributed by atoms with Gasteiger partial charge in [-0.3, -0.25) is 0 Å². The molecule has 8 aromatic carbocycles. The lowest BCUT2D eigenvalue weighted by Gasteiger charge is -2.50. The highest BCUT2D eigenvalue weighted by Gasteiger charge is 2.57. The summed E-state index contributed by atoms with van der Waals surface area (Å²) in [7, 11) is 0. The Balaban J connectivity index is 1.09. The molecular weight excluding hydrogens is 687 g/mol. The van der Waals surface area contributed by atoms with E-state index in [1.54, 1.807) is 0 Å². The Hall–Kier alpha value is -6.96. The molecule has 0 aliphatic heterocycles. The van der Waals surface area contributed by atoms with E-state index in [0.717, 1.165) is 29.9 Å². The fraction of sp³-hybridized carbons (Fsp3) is 0.0714. The molecule has 0 heterocycles. The van der Waals surface area contributed by atoms with Crippen LogP contribution in [0.25, 0.3) is 22.3 Å². The molecule has 270 valence electrons. The first kappa shape index (κ1) is 33.4. The second kappa shape index (κ2) is 13.4. The monoisotopic (exact) mass is 727 g/mol. The van der Waals surface area contributed by atoms with Crippen LogP contribution < -0.4 is 4.90 Å². The van der Waals surface area contributed by atoms with Crippen molar-refractivity contribution < 1.29 is 0 Å². The molecule has 0 radical (unpaired) electrons. The molecule has 8 aromatic rings. The van der Waals surface area contributed by atoms with Gasteiger partial charge in [0.25, 0.3) is 0 Å². The molecule has 11 rings (SSSR count). The van der Waals surface area contributed by atoms with Crippen LogP contribution in [0.3, 0.4) is 0 Å². The maximum atomic E-state index is 2.44. The van der Waals surface area contributed by atoms with Crippen LogP contribution in [-0.2, 0) is 10.8 Å². The third kappa shape index (κ3) is 4.89. The van der Waals surface area contributed by atoms with E-state index >= 15 is 0 Å². The Labute approximate surface area is 335 Å². The van der Waals surface area contributed by atoms with Crippen molar-refractivity contribution in [3.05, 3.63) is 269 Å². The number of hydrogen-bond acceptors (Lipinski definition) is 1. The zero-order valence-electron chi connectivity index (χ0n) is 31.7. The lowest BCUT2D eigenvalue weighted by Crippen LogP contribution is -2.44. The quantitative estimate of drug-likeness (QED) is 0.158. The van der Waals surface area contributed by atoms with Crippen LogP contribution in [0, 0.1) is 0 Å². The predicted octanol–water partition coefficient (Wildman–Crippen LogP) is 14.1. The molecule has 0 N–H and O–H groups in total. The minimum absolute atomic E-state index is 0.427. The molecule has 57 heavy (non-hydrogen) atoms. The summed E-state index contributed by atoms with van der Waals surface area (Å²) < 4.78 is 0. The average Bonchev–Trinajstić information content (AvgIpc) is 3.61. The zero-order chi connectivity index (χ0) is 37.8. The number of fused-ring (bicyclic) bond motifs is 5. The summed E-state index contributed by atoms with van der Waals surface area (Å²) in [6.07, 6.45) is 9.04. The molecule has 0 bridgehead atoms. The minimum Gasteiger partial charge on any atom is -0.311 e. The van der Waals surface area contributed by atoms with Gasteiger partial charge in [-0.15, -0.1) is 0 Å². The molecule has 0 fully saturated rings. The molecule has 0 amide bonds. The van der Waals surface area contributed by atoms with Crippen LogP contribution in [0.2, 0.25) is 0 Å². The first-order chi connectivity index (χ1) is 28.3. The third-order valence-corrected chi connectivity index (χ3v) is 12.7. The highest BCUT2D eigenvalue weighted by atomic mass is 15.1. The van der Waals surface area contributed by atoms with Gasteiger partial charge in [-0.25, -0.2) is 0 Å². The molecular formula is C56H41N. The number of nitrogens with zero attached hydrogens (tertiary/aromatic N) is 1. The van der Waals surface area contributed by atoms with Crippen LogP contribution in [0.1, 0.15) is 51.8 Å². The summed E-state index contributed by atoms with van der Waals surface area (Å²) in [6, 6.07) is 76.6. The number of benzene rings is 8. The molecule has 1 nitrogen and oxygen atoms in total. The summed E-state index contributed by atoms with van der Waals surface area (Å²) in [5, 5.41) is 0. The third-order valence-electron chi connectivity index (χ3n) is 12.7. The van der Waals surface area contributed by atoms with Crippen molar-refractivity contribution in [2.24, 2.45) is 0 Å². The van der Waals surface area contributed by atoms with Gasteiger partial charge in [0.05, 0.1) is 10.8 Å². The van der Waals surface area contributed by atoms with Gasteiger partial charge in [-0.05, 0) is 110 Å². The van der Waals surface area contributed by atoms with Crippen molar-refractivity contribution in [1.29, 1.82) is 0 Å². The van der Waals surface area contributed by atoms with Gasteiger partial charge >= 0.3 is 0 Å². The second-order valence-electron chi connectivity index (χ2n) is 15.5. The number of anilines is 3. The van der Waals surface area contributed by atoms with E-state index in [9.17, 15) is 0 Å². The number of para-hydroxylation sites is 2. The van der Waals surface area contributed by atoms with Gasteiger partial charge < -0.3 is 4.90 Å². The summed E-state index contributed by atoms with van der Waals surface area (Å²) in [4.78, 5) is 2.32. The fourth-order valence-electron chi connectivity index (χ4n) is 10.5. The lowest BCUT2D eigenvalue weighted by atomic mass is 9.51. The molecule has 3 aliphatic carbocycles. The highest BCUT2D eigenvalue weighted by Crippen LogP contribution is 2.66. The smallest absolute Gasteiger partial charge is 0.0720 e. The lowest BCUT2D eigenvalue weighted by molar-refractivity contribution is 0.598. The normalized spacial score (nSPS) is 18.6.